The second-order valence-corrected chi connectivity index (χ2v) is 8.59. The number of hydrogen-bond acceptors (Lipinski definition) is 8. The molecule has 2 fully saturated rings. The zero-order chi connectivity index (χ0) is 24.0. The summed E-state index contributed by atoms with van der Waals surface area (Å²) in [5.74, 6) is 1.01. The van der Waals surface area contributed by atoms with Crippen molar-refractivity contribution in [2.45, 2.75) is 12.5 Å². The van der Waals surface area contributed by atoms with Crippen LogP contribution in [0, 0.1) is 0 Å². The first-order valence-electron chi connectivity index (χ1n) is 11.9. The number of carbonyl (C=O) groups is 1. The molecule has 1 aromatic heterocycles. The third kappa shape index (κ3) is 5.70. The van der Waals surface area contributed by atoms with Crippen molar-refractivity contribution < 1.29 is 19.4 Å². The summed E-state index contributed by atoms with van der Waals surface area (Å²) >= 11 is 0. The van der Waals surface area contributed by atoms with Gasteiger partial charge in [-0.05, 0) is 54.6 Å². The smallest absolute Gasteiger partial charge is 0.248 e. The number of amides is 1. The molecule has 2 aliphatic rings. The molecule has 2 aliphatic heterocycles. The van der Waals surface area contributed by atoms with Crippen LogP contribution < -0.4 is 15.0 Å². The minimum Gasteiger partial charge on any atom is -0.489 e. The molecule has 5 rings (SSSR count). The average Bonchev–Trinajstić information content (AvgIpc) is 3.38. The Morgan fingerprint density at radius 2 is 1.83 bits per heavy atom. The van der Waals surface area contributed by atoms with Crippen LogP contribution in [0.1, 0.15) is 6.42 Å². The maximum absolute atomic E-state index is 11.6. The summed E-state index contributed by atoms with van der Waals surface area (Å²) in [5, 5.41) is 12.3. The molecule has 3 aromatic rings. The van der Waals surface area contributed by atoms with Crippen LogP contribution in [0.4, 0.5) is 17.3 Å². The maximum Gasteiger partial charge on any atom is 0.248 e. The largest absolute Gasteiger partial charge is 0.489 e. The molecule has 1 atom stereocenters. The molecule has 0 bridgehead atoms. The molecule has 0 spiro atoms. The van der Waals surface area contributed by atoms with Crippen molar-refractivity contribution in [3.05, 3.63) is 60.8 Å². The van der Waals surface area contributed by atoms with Gasteiger partial charge in [0.2, 0.25) is 11.9 Å². The number of aliphatic hydroxyl groups excluding tert-OH is 1. The quantitative estimate of drug-likeness (QED) is 0.538. The van der Waals surface area contributed by atoms with E-state index in [1.807, 2.05) is 42.5 Å². The second kappa shape index (κ2) is 10.7. The van der Waals surface area contributed by atoms with E-state index in [0.29, 0.717) is 19.0 Å². The monoisotopic (exact) mass is 475 g/mol. The van der Waals surface area contributed by atoms with Gasteiger partial charge in [-0.15, -0.1) is 0 Å². The molecule has 1 unspecified atom stereocenters. The number of hydrogen-bond donors (Lipinski definition) is 2. The number of nitrogens with one attached hydrogen (secondary N) is 1. The third-order valence-electron chi connectivity index (χ3n) is 6.24. The van der Waals surface area contributed by atoms with Gasteiger partial charge in [0, 0.05) is 49.2 Å². The Kier molecular flexibility index (Phi) is 7.06. The topological polar surface area (TPSA) is 100 Å². The first kappa shape index (κ1) is 23.1. The van der Waals surface area contributed by atoms with Crippen LogP contribution in [0.25, 0.3) is 11.3 Å². The van der Waals surface area contributed by atoms with Gasteiger partial charge >= 0.3 is 0 Å². The van der Waals surface area contributed by atoms with E-state index in [-0.39, 0.29) is 12.0 Å². The molecule has 0 saturated carbocycles. The van der Waals surface area contributed by atoms with Crippen molar-refractivity contribution in [2.24, 2.45) is 0 Å². The van der Waals surface area contributed by atoms with Gasteiger partial charge < -0.3 is 29.7 Å². The van der Waals surface area contributed by atoms with Crippen LogP contribution in [0.3, 0.4) is 0 Å². The molecule has 3 heterocycles. The van der Waals surface area contributed by atoms with Gasteiger partial charge in [-0.3, -0.25) is 4.79 Å². The Bertz CT molecular complexity index is 1130. The average molecular weight is 476 g/mol. The van der Waals surface area contributed by atoms with Crippen molar-refractivity contribution in [3.8, 4) is 17.0 Å². The van der Waals surface area contributed by atoms with E-state index in [2.05, 4.69) is 32.3 Å². The number of ether oxygens (including phenoxy) is 2. The van der Waals surface area contributed by atoms with E-state index in [4.69, 9.17) is 14.6 Å². The van der Waals surface area contributed by atoms with Crippen LogP contribution in [0.5, 0.6) is 5.75 Å². The molecule has 0 radical (unpaired) electrons. The lowest BCUT2D eigenvalue weighted by Crippen LogP contribution is -2.36. The fourth-order valence-corrected chi connectivity index (χ4v) is 4.33. The number of carbonyl (C=O) groups excluding carboxylic acids is 1. The zero-order valence-corrected chi connectivity index (χ0v) is 19.5. The molecular formula is C26H29N5O4. The molecule has 2 saturated heterocycles. The lowest BCUT2D eigenvalue weighted by molar-refractivity contribution is -0.133. The van der Waals surface area contributed by atoms with Gasteiger partial charge in [-0.25, -0.2) is 9.97 Å². The van der Waals surface area contributed by atoms with E-state index in [1.54, 1.807) is 11.1 Å². The van der Waals surface area contributed by atoms with E-state index >= 15 is 0 Å². The van der Waals surface area contributed by atoms with E-state index < -0.39 is 6.61 Å². The summed E-state index contributed by atoms with van der Waals surface area (Å²) in [6.07, 6.45) is 2.42. The van der Waals surface area contributed by atoms with Gasteiger partial charge in [0.05, 0.1) is 25.5 Å². The molecule has 9 nitrogen and oxygen atoms in total. The fraction of sp³-hybridized carbons (Fsp3) is 0.346. The van der Waals surface area contributed by atoms with Crippen LogP contribution in [0.2, 0.25) is 0 Å². The van der Waals surface area contributed by atoms with Crippen molar-refractivity contribution >= 4 is 23.2 Å². The maximum atomic E-state index is 11.6. The molecule has 1 amide bonds. The first-order chi connectivity index (χ1) is 17.2. The highest BCUT2D eigenvalue weighted by Gasteiger charge is 2.27. The normalized spacial score (nSPS) is 17.9. The van der Waals surface area contributed by atoms with Crippen molar-refractivity contribution in [1.29, 1.82) is 0 Å². The standard InChI is InChI=1S/C26H29N5O4/c32-18-25(33)31-12-10-23(17-31)35-22-7-1-19(2-8-22)24-9-11-27-26(29-24)28-20-3-5-21(6-4-20)30-13-15-34-16-14-30/h1-9,11,23,32H,10,12-18H2,(H,27,28,29). The van der Waals surface area contributed by atoms with Crippen LogP contribution in [-0.4, -0.2) is 78.0 Å². The number of nitrogens with zero attached hydrogens (tertiary/aromatic N) is 4. The Labute approximate surface area is 204 Å². The highest BCUT2D eigenvalue weighted by Crippen LogP contribution is 2.25. The van der Waals surface area contributed by atoms with Gasteiger partial charge in [-0.2, -0.15) is 0 Å². The lowest BCUT2D eigenvalue weighted by atomic mass is 10.1. The Morgan fingerprint density at radius 1 is 1.06 bits per heavy atom. The Morgan fingerprint density at radius 3 is 2.57 bits per heavy atom. The highest BCUT2D eigenvalue weighted by atomic mass is 16.5. The predicted molar refractivity (Wildman–Crippen MR) is 133 cm³/mol. The molecule has 35 heavy (non-hydrogen) atoms. The van der Waals surface area contributed by atoms with Crippen LogP contribution in [-0.2, 0) is 9.53 Å². The SMILES string of the molecule is O=C(CO)N1CCC(Oc2ccc(-c3ccnc(Nc4ccc(N5CCOCC5)cc4)n3)cc2)C1. The molecule has 2 N–H and O–H groups in total. The molecular weight excluding hydrogens is 446 g/mol. The first-order valence-corrected chi connectivity index (χ1v) is 11.9. The van der Waals surface area contributed by atoms with Gasteiger partial charge in [0.1, 0.15) is 18.5 Å². The van der Waals surface area contributed by atoms with E-state index in [1.165, 1.54) is 5.69 Å². The second-order valence-electron chi connectivity index (χ2n) is 8.59. The summed E-state index contributed by atoms with van der Waals surface area (Å²) in [6.45, 7) is 3.98. The lowest BCUT2D eigenvalue weighted by Gasteiger charge is -2.28. The van der Waals surface area contributed by atoms with Crippen molar-refractivity contribution in [3.63, 3.8) is 0 Å². The predicted octanol–water partition coefficient (Wildman–Crippen LogP) is 2.70. The van der Waals surface area contributed by atoms with Crippen LogP contribution >= 0.6 is 0 Å². The summed E-state index contributed by atoms with van der Waals surface area (Å²) in [4.78, 5) is 24.6. The minimum atomic E-state index is -0.461. The number of anilines is 3. The number of rotatable bonds is 7. The van der Waals surface area contributed by atoms with Crippen molar-refractivity contribution in [2.75, 3.05) is 56.2 Å². The summed E-state index contributed by atoms with van der Waals surface area (Å²) in [7, 11) is 0. The number of aliphatic hydroxyl groups is 1. The number of aromatic nitrogens is 2. The minimum absolute atomic E-state index is 0.0687. The Balaban J connectivity index is 1.20. The van der Waals surface area contributed by atoms with Gasteiger partial charge in [0.25, 0.3) is 0 Å². The van der Waals surface area contributed by atoms with Gasteiger partial charge in [0.15, 0.2) is 0 Å². The molecule has 182 valence electrons. The number of likely N-dealkylation sites (tertiary alicyclic amines) is 1. The summed E-state index contributed by atoms with van der Waals surface area (Å²) in [6, 6.07) is 17.9. The van der Waals surface area contributed by atoms with E-state index in [0.717, 1.165) is 55.4 Å². The molecule has 9 heteroatoms. The number of morpholine rings is 1. The van der Waals surface area contributed by atoms with Crippen LogP contribution in [0.15, 0.2) is 60.8 Å². The summed E-state index contributed by atoms with van der Waals surface area (Å²) < 4.78 is 11.4. The fourth-order valence-electron chi connectivity index (χ4n) is 4.33. The molecule has 2 aromatic carbocycles. The van der Waals surface area contributed by atoms with Gasteiger partial charge in [-0.1, -0.05) is 0 Å². The summed E-state index contributed by atoms with van der Waals surface area (Å²) in [5.41, 5.74) is 3.86. The number of benzene rings is 2. The molecule has 0 aliphatic carbocycles. The highest BCUT2D eigenvalue weighted by molar-refractivity contribution is 5.77. The third-order valence-corrected chi connectivity index (χ3v) is 6.24. The van der Waals surface area contributed by atoms with Crippen molar-refractivity contribution in [1.82, 2.24) is 14.9 Å². The zero-order valence-electron chi connectivity index (χ0n) is 19.5. The Hall–Kier alpha value is -3.69. The van der Waals surface area contributed by atoms with E-state index in [9.17, 15) is 4.79 Å².